The van der Waals surface area contributed by atoms with E-state index in [4.69, 9.17) is 4.74 Å². The van der Waals surface area contributed by atoms with Gasteiger partial charge < -0.3 is 4.74 Å². The molecule has 0 N–H and O–H groups in total. The van der Waals surface area contributed by atoms with Gasteiger partial charge in [-0.2, -0.15) is 0 Å². The van der Waals surface area contributed by atoms with E-state index in [2.05, 4.69) is 26.8 Å². The van der Waals surface area contributed by atoms with Gasteiger partial charge in [0, 0.05) is 5.56 Å². The van der Waals surface area contributed by atoms with E-state index in [0.717, 1.165) is 30.6 Å². The second-order valence-electron chi connectivity index (χ2n) is 6.41. The van der Waals surface area contributed by atoms with Gasteiger partial charge in [-0.05, 0) is 54.4 Å². The van der Waals surface area contributed by atoms with Gasteiger partial charge in [-0.25, -0.2) is 4.39 Å². The van der Waals surface area contributed by atoms with Crippen molar-refractivity contribution in [3.63, 3.8) is 0 Å². The second-order valence-corrected chi connectivity index (χ2v) is 6.41. The molecule has 0 bridgehead atoms. The van der Waals surface area contributed by atoms with E-state index in [1.54, 1.807) is 19.2 Å². The summed E-state index contributed by atoms with van der Waals surface area (Å²) in [6, 6.07) is 4.96. The van der Waals surface area contributed by atoms with Crippen LogP contribution in [0.1, 0.15) is 45.6 Å². The molecule has 2 rings (SSSR count). The summed E-state index contributed by atoms with van der Waals surface area (Å²) < 4.78 is 19.1. The average molecular weight is 262 g/mol. The van der Waals surface area contributed by atoms with Crippen molar-refractivity contribution in [3.05, 3.63) is 35.7 Å². The molecule has 0 heterocycles. The van der Waals surface area contributed by atoms with Gasteiger partial charge in [-0.1, -0.05) is 26.8 Å². The van der Waals surface area contributed by atoms with Crippen LogP contribution in [0.5, 0.6) is 5.75 Å². The molecule has 0 saturated carbocycles. The van der Waals surface area contributed by atoms with E-state index in [1.165, 1.54) is 6.07 Å². The minimum Gasteiger partial charge on any atom is -0.497 e. The summed E-state index contributed by atoms with van der Waals surface area (Å²) in [5.74, 6) is 1.25. The molecule has 0 amide bonds. The fourth-order valence-corrected chi connectivity index (χ4v) is 2.74. The third kappa shape index (κ3) is 3.17. The Balaban J connectivity index is 2.23. The zero-order chi connectivity index (χ0) is 14.0. The molecule has 0 aromatic heterocycles. The molecule has 0 fully saturated rings. The van der Waals surface area contributed by atoms with E-state index in [1.807, 2.05) is 0 Å². The highest BCUT2D eigenvalue weighted by molar-refractivity contribution is 5.68. The molecule has 1 unspecified atom stereocenters. The standard InChI is InChI=1S/C17H23FO/c1-17(2,3)13-7-5-12(6-8-13)15-11-14(19-4)9-10-16(15)18/h5,9-11,13H,6-8H2,1-4H3. The van der Waals surface area contributed by atoms with Crippen LogP contribution in [-0.2, 0) is 0 Å². The summed E-state index contributed by atoms with van der Waals surface area (Å²) in [5.41, 5.74) is 2.15. The van der Waals surface area contributed by atoms with Crippen LogP contribution in [0.2, 0.25) is 0 Å². The van der Waals surface area contributed by atoms with E-state index < -0.39 is 0 Å². The summed E-state index contributed by atoms with van der Waals surface area (Å²) in [6.07, 6.45) is 5.32. The molecule has 19 heavy (non-hydrogen) atoms. The quantitative estimate of drug-likeness (QED) is 0.723. The summed E-state index contributed by atoms with van der Waals surface area (Å²) in [5, 5.41) is 0. The lowest BCUT2D eigenvalue weighted by atomic mass is 9.72. The van der Waals surface area contributed by atoms with E-state index in [0.29, 0.717) is 16.9 Å². The van der Waals surface area contributed by atoms with E-state index in [9.17, 15) is 4.39 Å². The van der Waals surface area contributed by atoms with Gasteiger partial charge in [0.2, 0.25) is 0 Å². The fourth-order valence-electron chi connectivity index (χ4n) is 2.74. The number of methoxy groups -OCH3 is 1. The summed E-state index contributed by atoms with van der Waals surface area (Å²) >= 11 is 0. The van der Waals surface area contributed by atoms with Crippen molar-refractivity contribution in [2.24, 2.45) is 11.3 Å². The molecular weight excluding hydrogens is 239 g/mol. The number of hydrogen-bond acceptors (Lipinski definition) is 1. The molecule has 0 radical (unpaired) electrons. The first kappa shape index (κ1) is 14.1. The predicted molar refractivity (Wildman–Crippen MR) is 77.7 cm³/mol. The van der Waals surface area contributed by atoms with Crippen molar-refractivity contribution in [3.8, 4) is 5.75 Å². The first-order valence-electron chi connectivity index (χ1n) is 6.95. The van der Waals surface area contributed by atoms with Crippen molar-refractivity contribution in [2.45, 2.75) is 40.0 Å². The zero-order valence-corrected chi connectivity index (χ0v) is 12.3. The van der Waals surface area contributed by atoms with E-state index in [-0.39, 0.29) is 5.82 Å². The van der Waals surface area contributed by atoms with Gasteiger partial charge in [0.15, 0.2) is 0 Å². The molecule has 0 saturated heterocycles. The lowest BCUT2D eigenvalue weighted by Gasteiger charge is -2.33. The summed E-state index contributed by atoms with van der Waals surface area (Å²) in [6.45, 7) is 6.84. The third-order valence-corrected chi connectivity index (χ3v) is 4.16. The molecular formula is C17H23FO. The van der Waals surface area contributed by atoms with Crippen LogP contribution in [0.25, 0.3) is 5.57 Å². The second kappa shape index (κ2) is 5.36. The Kier molecular flexibility index (Phi) is 3.98. The van der Waals surface area contributed by atoms with Gasteiger partial charge >= 0.3 is 0 Å². The van der Waals surface area contributed by atoms with Crippen LogP contribution in [-0.4, -0.2) is 7.11 Å². The number of benzene rings is 1. The van der Waals surface area contributed by atoms with Crippen LogP contribution in [0.4, 0.5) is 4.39 Å². The Morgan fingerprint density at radius 1 is 1.26 bits per heavy atom. The van der Waals surface area contributed by atoms with Crippen molar-refractivity contribution < 1.29 is 9.13 Å². The molecule has 1 aliphatic carbocycles. The van der Waals surface area contributed by atoms with E-state index >= 15 is 0 Å². The molecule has 1 aromatic rings. The van der Waals surface area contributed by atoms with Crippen molar-refractivity contribution in [1.82, 2.24) is 0 Å². The maximum Gasteiger partial charge on any atom is 0.130 e. The Morgan fingerprint density at radius 2 is 2.00 bits per heavy atom. The Hall–Kier alpha value is -1.31. The highest BCUT2D eigenvalue weighted by Gasteiger charge is 2.27. The monoisotopic (exact) mass is 262 g/mol. The van der Waals surface area contributed by atoms with Crippen LogP contribution in [0.15, 0.2) is 24.3 Å². The molecule has 2 heteroatoms. The topological polar surface area (TPSA) is 9.23 Å². The third-order valence-electron chi connectivity index (χ3n) is 4.16. The first-order valence-corrected chi connectivity index (χ1v) is 6.95. The highest BCUT2D eigenvalue weighted by Crippen LogP contribution is 2.40. The van der Waals surface area contributed by atoms with Crippen LogP contribution >= 0.6 is 0 Å². The summed E-state index contributed by atoms with van der Waals surface area (Å²) in [7, 11) is 1.61. The minimum absolute atomic E-state index is 0.152. The van der Waals surface area contributed by atoms with Crippen molar-refractivity contribution in [2.75, 3.05) is 7.11 Å². The van der Waals surface area contributed by atoms with Crippen molar-refractivity contribution in [1.29, 1.82) is 0 Å². The van der Waals surface area contributed by atoms with Gasteiger partial charge in [0.1, 0.15) is 11.6 Å². The van der Waals surface area contributed by atoms with Crippen LogP contribution in [0, 0.1) is 17.2 Å². The van der Waals surface area contributed by atoms with Crippen LogP contribution < -0.4 is 4.74 Å². The molecule has 1 aromatic carbocycles. The number of ether oxygens (including phenoxy) is 1. The predicted octanol–water partition coefficient (Wildman–Crippen LogP) is 5.06. The molecule has 0 spiro atoms. The maximum atomic E-state index is 13.9. The minimum atomic E-state index is -0.152. The highest BCUT2D eigenvalue weighted by atomic mass is 19.1. The van der Waals surface area contributed by atoms with Gasteiger partial charge in [0.25, 0.3) is 0 Å². The molecule has 0 aliphatic heterocycles. The summed E-state index contributed by atoms with van der Waals surface area (Å²) in [4.78, 5) is 0. The zero-order valence-electron chi connectivity index (χ0n) is 12.3. The Morgan fingerprint density at radius 3 is 2.53 bits per heavy atom. The Labute approximate surface area is 115 Å². The Bertz CT molecular complexity index is 483. The number of rotatable bonds is 2. The van der Waals surface area contributed by atoms with Gasteiger partial charge in [-0.3, -0.25) is 0 Å². The van der Waals surface area contributed by atoms with Crippen LogP contribution in [0.3, 0.4) is 0 Å². The lowest BCUT2D eigenvalue weighted by Crippen LogP contribution is -2.22. The lowest BCUT2D eigenvalue weighted by molar-refractivity contribution is 0.225. The molecule has 104 valence electrons. The normalized spacial score (nSPS) is 20.1. The molecule has 1 atom stereocenters. The number of hydrogen-bond donors (Lipinski definition) is 0. The van der Waals surface area contributed by atoms with Crippen molar-refractivity contribution >= 4 is 5.57 Å². The number of halogens is 1. The number of allylic oxidation sites excluding steroid dienone is 2. The van der Waals surface area contributed by atoms with Gasteiger partial charge in [0.05, 0.1) is 7.11 Å². The largest absolute Gasteiger partial charge is 0.497 e. The molecule has 1 aliphatic rings. The SMILES string of the molecule is COc1ccc(F)c(C2=CCC(C(C)(C)C)CC2)c1. The van der Waals surface area contributed by atoms with Gasteiger partial charge in [-0.15, -0.1) is 0 Å². The fraction of sp³-hybridized carbons (Fsp3) is 0.529. The maximum absolute atomic E-state index is 13.9. The first-order chi connectivity index (χ1) is 8.91. The smallest absolute Gasteiger partial charge is 0.130 e. The molecule has 1 nitrogen and oxygen atoms in total. The average Bonchev–Trinajstić information content (AvgIpc) is 2.38.